The Morgan fingerprint density at radius 2 is 2.22 bits per heavy atom. The van der Waals surface area contributed by atoms with Gasteiger partial charge in [-0.25, -0.2) is 4.98 Å². The average Bonchev–Trinajstić information content (AvgIpc) is 3.05. The Balaban J connectivity index is 1.78. The van der Waals surface area contributed by atoms with E-state index in [4.69, 9.17) is 23.2 Å². The van der Waals surface area contributed by atoms with Crippen molar-refractivity contribution >= 4 is 34.5 Å². The standard InChI is InChI=1S/C12H11Cl2N3S/c13-7-3-10(14)11(16-4-7)12-17-9(6-18-12)5-15-8-1-2-8/h3-4,6,8,15H,1-2,5H2. The van der Waals surface area contributed by atoms with Gasteiger partial charge in [0, 0.05) is 24.2 Å². The lowest BCUT2D eigenvalue weighted by Gasteiger charge is -2.00. The fourth-order valence-corrected chi connectivity index (χ4v) is 2.96. The molecule has 18 heavy (non-hydrogen) atoms. The summed E-state index contributed by atoms with van der Waals surface area (Å²) in [6.07, 6.45) is 4.15. The van der Waals surface area contributed by atoms with Crippen LogP contribution in [-0.4, -0.2) is 16.0 Å². The van der Waals surface area contributed by atoms with E-state index in [-0.39, 0.29) is 0 Å². The molecular formula is C12H11Cl2N3S. The molecule has 0 atom stereocenters. The number of rotatable bonds is 4. The van der Waals surface area contributed by atoms with Crippen LogP contribution in [0.4, 0.5) is 0 Å². The molecule has 1 saturated carbocycles. The molecule has 2 aromatic rings. The maximum absolute atomic E-state index is 6.11. The summed E-state index contributed by atoms with van der Waals surface area (Å²) < 4.78 is 0. The molecule has 1 aliphatic carbocycles. The predicted molar refractivity (Wildman–Crippen MR) is 75.2 cm³/mol. The number of hydrogen-bond donors (Lipinski definition) is 1. The molecule has 0 saturated heterocycles. The molecule has 0 aromatic carbocycles. The van der Waals surface area contributed by atoms with Gasteiger partial charge in [-0.1, -0.05) is 23.2 Å². The SMILES string of the molecule is Clc1cnc(-c2nc(CNC3CC3)cs2)c(Cl)c1. The summed E-state index contributed by atoms with van der Waals surface area (Å²) >= 11 is 13.5. The number of nitrogens with zero attached hydrogens (tertiary/aromatic N) is 2. The van der Waals surface area contributed by atoms with Crippen molar-refractivity contribution in [1.82, 2.24) is 15.3 Å². The van der Waals surface area contributed by atoms with Crippen LogP contribution < -0.4 is 5.32 Å². The molecule has 1 aliphatic rings. The number of thiazole rings is 1. The molecule has 1 N–H and O–H groups in total. The van der Waals surface area contributed by atoms with Crippen molar-refractivity contribution in [3.8, 4) is 10.7 Å². The minimum absolute atomic E-state index is 0.538. The molecule has 0 bridgehead atoms. The van der Waals surface area contributed by atoms with Gasteiger partial charge in [0.1, 0.15) is 10.7 Å². The second kappa shape index (κ2) is 5.13. The van der Waals surface area contributed by atoms with E-state index < -0.39 is 0 Å². The number of hydrogen-bond acceptors (Lipinski definition) is 4. The van der Waals surface area contributed by atoms with Crippen LogP contribution >= 0.6 is 34.5 Å². The molecule has 2 heterocycles. The summed E-state index contributed by atoms with van der Waals surface area (Å²) in [6.45, 7) is 0.812. The zero-order valence-corrected chi connectivity index (χ0v) is 11.8. The molecule has 3 rings (SSSR count). The summed E-state index contributed by atoms with van der Waals surface area (Å²) in [5.74, 6) is 0. The van der Waals surface area contributed by atoms with E-state index in [1.807, 2.05) is 5.38 Å². The summed E-state index contributed by atoms with van der Waals surface area (Å²) in [4.78, 5) is 8.77. The topological polar surface area (TPSA) is 37.8 Å². The van der Waals surface area contributed by atoms with Gasteiger partial charge in [-0.3, -0.25) is 4.98 Å². The second-order valence-electron chi connectivity index (χ2n) is 4.28. The first-order chi connectivity index (χ1) is 8.72. The minimum Gasteiger partial charge on any atom is -0.308 e. The van der Waals surface area contributed by atoms with Crippen LogP contribution in [0.5, 0.6) is 0 Å². The van der Waals surface area contributed by atoms with Crippen molar-refractivity contribution in [1.29, 1.82) is 0 Å². The Labute approximate surface area is 119 Å². The number of aromatic nitrogens is 2. The first-order valence-electron chi connectivity index (χ1n) is 5.71. The molecule has 2 aromatic heterocycles. The highest BCUT2D eigenvalue weighted by molar-refractivity contribution is 7.13. The van der Waals surface area contributed by atoms with Crippen molar-refractivity contribution < 1.29 is 0 Å². The molecule has 0 amide bonds. The third kappa shape index (κ3) is 2.83. The number of halogens is 2. The quantitative estimate of drug-likeness (QED) is 0.934. The summed E-state index contributed by atoms with van der Waals surface area (Å²) in [6, 6.07) is 2.38. The molecular weight excluding hydrogens is 289 g/mol. The number of nitrogens with one attached hydrogen (secondary N) is 1. The second-order valence-corrected chi connectivity index (χ2v) is 5.98. The van der Waals surface area contributed by atoms with Gasteiger partial charge in [0.25, 0.3) is 0 Å². The summed E-state index contributed by atoms with van der Waals surface area (Å²) in [7, 11) is 0. The van der Waals surface area contributed by atoms with Crippen molar-refractivity contribution in [2.45, 2.75) is 25.4 Å². The lowest BCUT2D eigenvalue weighted by molar-refractivity contribution is 0.678. The van der Waals surface area contributed by atoms with E-state index >= 15 is 0 Å². The minimum atomic E-state index is 0.538. The van der Waals surface area contributed by atoms with Crippen LogP contribution in [0.25, 0.3) is 10.7 Å². The number of pyridine rings is 1. The van der Waals surface area contributed by atoms with Gasteiger partial charge in [0.2, 0.25) is 0 Å². The van der Waals surface area contributed by atoms with Gasteiger partial charge in [0.15, 0.2) is 0 Å². The highest BCUT2D eigenvalue weighted by atomic mass is 35.5. The van der Waals surface area contributed by atoms with Gasteiger partial charge in [-0.15, -0.1) is 11.3 Å². The first-order valence-corrected chi connectivity index (χ1v) is 7.35. The van der Waals surface area contributed by atoms with Crippen LogP contribution in [0.3, 0.4) is 0 Å². The van der Waals surface area contributed by atoms with E-state index in [1.54, 1.807) is 23.6 Å². The Kier molecular flexibility index (Phi) is 3.52. The van der Waals surface area contributed by atoms with Gasteiger partial charge in [0.05, 0.1) is 15.7 Å². The van der Waals surface area contributed by atoms with Crippen LogP contribution in [-0.2, 0) is 6.54 Å². The maximum atomic E-state index is 6.11. The summed E-state index contributed by atoms with van der Waals surface area (Å²) in [5.41, 5.74) is 1.73. The predicted octanol–water partition coefficient (Wildman–Crippen LogP) is 3.76. The van der Waals surface area contributed by atoms with Gasteiger partial charge in [-0.2, -0.15) is 0 Å². The Morgan fingerprint density at radius 3 is 2.94 bits per heavy atom. The first kappa shape index (κ1) is 12.4. The van der Waals surface area contributed by atoms with E-state index in [0.717, 1.165) is 17.2 Å². The lowest BCUT2D eigenvalue weighted by atomic mass is 10.3. The summed E-state index contributed by atoms with van der Waals surface area (Å²) in [5, 5.41) is 7.39. The molecule has 1 fully saturated rings. The Hall–Kier alpha value is -0.680. The molecule has 94 valence electrons. The zero-order valence-electron chi connectivity index (χ0n) is 9.49. The largest absolute Gasteiger partial charge is 0.308 e. The third-order valence-electron chi connectivity index (χ3n) is 2.71. The van der Waals surface area contributed by atoms with Crippen LogP contribution in [0.1, 0.15) is 18.5 Å². The van der Waals surface area contributed by atoms with Gasteiger partial charge in [-0.05, 0) is 18.9 Å². The maximum Gasteiger partial charge on any atom is 0.143 e. The average molecular weight is 300 g/mol. The molecule has 6 heteroatoms. The molecule has 0 radical (unpaired) electrons. The Morgan fingerprint density at radius 1 is 1.39 bits per heavy atom. The van der Waals surface area contributed by atoms with Crippen LogP contribution in [0, 0.1) is 0 Å². The fourth-order valence-electron chi connectivity index (χ4n) is 1.61. The van der Waals surface area contributed by atoms with E-state index in [1.165, 1.54) is 12.8 Å². The van der Waals surface area contributed by atoms with Crippen LogP contribution in [0.15, 0.2) is 17.6 Å². The highest BCUT2D eigenvalue weighted by Crippen LogP contribution is 2.30. The third-order valence-corrected chi connectivity index (χ3v) is 4.10. The molecule has 0 spiro atoms. The molecule has 0 aliphatic heterocycles. The highest BCUT2D eigenvalue weighted by Gasteiger charge is 2.20. The molecule has 0 unspecified atom stereocenters. The van der Waals surface area contributed by atoms with E-state index in [9.17, 15) is 0 Å². The smallest absolute Gasteiger partial charge is 0.143 e. The monoisotopic (exact) mass is 299 g/mol. The van der Waals surface area contributed by atoms with Crippen molar-refractivity contribution in [3.05, 3.63) is 33.4 Å². The Bertz CT molecular complexity index is 566. The fraction of sp³-hybridized carbons (Fsp3) is 0.333. The van der Waals surface area contributed by atoms with Gasteiger partial charge < -0.3 is 5.32 Å². The zero-order chi connectivity index (χ0) is 12.5. The van der Waals surface area contributed by atoms with E-state index in [2.05, 4.69) is 15.3 Å². The lowest BCUT2D eigenvalue weighted by Crippen LogP contribution is -2.15. The van der Waals surface area contributed by atoms with Gasteiger partial charge >= 0.3 is 0 Å². The van der Waals surface area contributed by atoms with Crippen LogP contribution in [0.2, 0.25) is 10.0 Å². The van der Waals surface area contributed by atoms with Crippen molar-refractivity contribution in [3.63, 3.8) is 0 Å². The van der Waals surface area contributed by atoms with Crippen molar-refractivity contribution in [2.75, 3.05) is 0 Å². The van der Waals surface area contributed by atoms with E-state index in [0.29, 0.717) is 21.8 Å². The molecule has 3 nitrogen and oxygen atoms in total. The van der Waals surface area contributed by atoms with Crippen molar-refractivity contribution in [2.24, 2.45) is 0 Å². The normalized spacial score (nSPS) is 15.0.